The number of alkyl halides is 1. The van der Waals surface area contributed by atoms with Crippen molar-refractivity contribution in [2.24, 2.45) is 0 Å². The van der Waals surface area contributed by atoms with Gasteiger partial charge in [0.15, 0.2) is 6.29 Å². The van der Waals surface area contributed by atoms with Crippen molar-refractivity contribution in [3.8, 4) is 0 Å². The van der Waals surface area contributed by atoms with Gasteiger partial charge in [-0.3, -0.25) is 0 Å². The van der Waals surface area contributed by atoms with Crippen LogP contribution in [0.3, 0.4) is 0 Å². The van der Waals surface area contributed by atoms with Crippen LogP contribution in [0.2, 0.25) is 0 Å². The fourth-order valence-corrected chi connectivity index (χ4v) is 2.17. The molecule has 1 aromatic rings. The van der Waals surface area contributed by atoms with Gasteiger partial charge in [0.05, 0.1) is 23.2 Å². The Morgan fingerprint density at radius 2 is 1.86 bits per heavy atom. The van der Waals surface area contributed by atoms with Crippen molar-refractivity contribution in [3.63, 3.8) is 0 Å². The van der Waals surface area contributed by atoms with Crippen molar-refractivity contribution in [2.75, 3.05) is 17.7 Å². The molecule has 1 atom stereocenters. The van der Waals surface area contributed by atoms with Gasteiger partial charge in [-0.2, -0.15) is 0 Å². The van der Waals surface area contributed by atoms with Gasteiger partial charge < -0.3 is 19.9 Å². The maximum atomic E-state index is 9.49. The molecule has 0 aliphatic carbocycles. The third-order valence-electron chi connectivity index (χ3n) is 4.13. The average molecular weight is 314 g/mol. The molecule has 21 heavy (non-hydrogen) atoms. The predicted octanol–water partition coefficient (Wildman–Crippen LogP) is 3.30. The number of aliphatic hydroxyl groups is 1. The molecule has 0 amide bonds. The second-order valence-corrected chi connectivity index (χ2v) is 6.71. The topological polar surface area (TPSA) is 50.7 Å². The van der Waals surface area contributed by atoms with E-state index in [-0.39, 0.29) is 23.4 Å². The van der Waals surface area contributed by atoms with E-state index in [9.17, 15) is 5.11 Å². The number of ether oxygens (including phenoxy) is 2. The number of hydrogen-bond acceptors (Lipinski definition) is 4. The number of benzene rings is 1. The van der Waals surface area contributed by atoms with E-state index in [2.05, 4.69) is 5.32 Å². The Kier molecular flexibility index (Phi) is 4.83. The van der Waals surface area contributed by atoms with Crippen LogP contribution in [0.5, 0.6) is 0 Å². The predicted molar refractivity (Wildman–Crippen MR) is 84.7 cm³/mol. The highest BCUT2D eigenvalue weighted by Crippen LogP contribution is 2.44. The molecular weight excluding hydrogens is 290 g/mol. The molecule has 1 aromatic carbocycles. The molecule has 118 valence electrons. The minimum Gasteiger partial charge on any atom is -0.390 e. The van der Waals surface area contributed by atoms with E-state index < -0.39 is 6.10 Å². The van der Waals surface area contributed by atoms with Crippen LogP contribution in [0.4, 0.5) is 5.69 Å². The van der Waals surface area contributed by atoms with E-state index >= 15 is 0 Å². The summed E-state index contributed by atoms with van der Waals surface area (Å²) < 4.78 is 12.1. The highest BCUT2D eigenvalue weighted by atomic mass is 35.5. The lowest BCUT2D eigenvalue weighted by Crippen LogP contribution is -2.41. The first-order valence-corrected chi connectivity index (χ1v) is 7.72. The van der Waals surface area contributed by atoms with Gasteiger partial charge in [0.2, 0.25) is 0 Å². The lowest BCUT2D eigenvalue weighted by atomic mass is 9.90. The lowest BCUT2D eigenvalue weighted by Gasteiger charge is -2.30. The van der Waals surface area contributed by atoms with Gasteiger partial charge in [0.25, 0.3) is 0 Å². The van der Waals surface area contributed by atoms with Crippen LogP contribution >= 0.6 is 11.6 Å². The molecule has 0 radical (unpaired) electrons. The van der Waals surface area contributed by atoms with Crippen molar-refractivity contribution < 1.29 is 14.6 Å². The summed E-state index contributed by atoms with van der Waals surface area (Å²) >= 11 is 5.59. The number of halogens is 1. The molecule has 0 spiro atoms. The first-order chi connectivity index (χ1) is 9.75. The molecule has 1 aliphatic heterocycles. The molecule has 0 bridgehead atoms. The molecule has 2 rings (SSSR count). The number of anilines is 1. The summed E-state index contributed by atoms with van der Waals surface area (Å²) in [5, 5.41) is 12.6. The fraction of sp³-hybridized carbons (Fsp3) is 0.625. The molecule has 5 heteroatoms. The Hall–Kier alpha value is -0.810. The van der Waals surface area contributed by atoms with Gasteiger partial charge in [-0.1, -0.05) is 12.1 Å². The van der Waals surface area contributed by atoms with Crippen molar-refractivity contribution >= 4 is 17.3 Å². The van der Waals surface area contributed by atoms with Gasteiger partial charge in [-0.15, -0.1) is 11.6 Å². The maximum absolute atomic E-state index is 9.49. The van der Waals surface area contributed by atoms with Crippen molar-refractivity contribution in [3.05, 3.63) is 29.8 Å². The second kappa shape index (κ2) is 6.13. The highest BCUT2D eigenvalue weighted by Gasteiger charge is 2.49. The zero-order chi connectivity index (χ0) is 15.7. The van der Waals surface area contributed by atoms with Crippen molar-refractivity contribution in [2.45, 2.75) is 51.3 Å². The second-order valence-electron chi connectivity index (χ2n) is 6.40. The number of aliphatic hydroxyl groups excluding tert-OH is 1. The largest absolute Gasteiger partial charge is 0.390 e. The van der Waals surface area contributed by atoms with E-state index in [0.29, 0.717) is 6.54 Å². The third-order valence-corrected chi connectivity index (χ3v) is 4.49. The quantitative estimate of drug-likeness (QED) is 0.819. The molecule has 1 unspecified atom stereocenters. The SMILES string of the molecule is CC1(C)OC(c2cccc(NCC(O)CCl)c2)OC1(C)C. The van der Waals surface area contributed by atoms with E-state index in [1.165, 1.54) is 0 Å². The normalized spacial score (nSPS) is 22.2. The van der Waals surface area contributed by atoms with E-state index in [1.807, 2.05) is 52.0 Å². The maximum Gasteiger partial charge on any atom is 0.185 e. The summed E-state index contributed by atoms with van der Waals surface area (Å²) in [4.78, 5) is 0. The van der Waals surface area contributed by atoms with Crippen LogP contribution in [0.15, 0.2) is 24.3 Å². The Labute approximate surface area is 131 Å². The molecule has 1 fully saturated rings. The first kappa shape index (κ1) is 16.6. The molecule has 0 saturated carbocycles. The molecule has 1 aliphatic rings. The van der Waals surface area contributed by atoms with E-state index in [1.54, 1.807) is 0 Å². The molecule has 2 N–H and O–H groups in total. The average Bonchev–Trinajstić information content (AvgIpc) is 2.65. The summed E-state index contributed by atoms with van der Waals surface area (Å²) in [6.07, 6.45) is -0.943. The smallest absolute Gasteiger partial charge is 0.185 e. The molecular formula is C16H24ClNO3. The van der Waals surface area contributed by atoms with Crippen LogP contribution in [0.25, 0.3) is 0 Å². The molecule has 4 nitrogen and oxygen atoms in total. The van der Waals surface area contributed by atoms with Crippen LogP contribution < -0.4 is 5.32 Å². The van der Waals surface area contributed by atoms with Crippen LogP contribution in [-0.4, -0.2) is 34.8 Å². The van der Waals surface area contributed by atoms with Gasteiger partial charge >= 0.3 is 0 Å². The third kappa shape index (κ3) is 3.69. The Balaban J connectivity index is 2.08. The Morgan fingerprint density at radius 3 is 2.43 bits per heavy atom. The van der Waals surface area contributed by atoms with Crippen LogP contribution in [0, 0.1) is 0 Å². The highest BCUT2D eigenvalue weighted by molar-refractivity contribution is 6.18. The van der Waals surface area contributed by atoms with Crippen LogP contribution in [0.1, 0.15) is 39.5 Å². The standard InChI is InChI=1S/C16H24ClNO3/c1-15(2)16(3,4)21-14(20-15)11-6-5-7-12(8-11)18-10-13(19)9-17/h5-8,13-14,18-19H,9-10H2,1-4H3. The summed E-state index contributed by atoms with van der Waals surface area (Å²) in [5.74, 6) is 0.212. The van der Waals surface area contributed by atoms with Crippen molar-refractivity contribution in [1.82, 2.24) is 0 Å². The van der Waals surface area contributed by atoms with Gasteiger partial charge in [-0.25, -0.2) is 0 Å². The van der Waals surface area contributed by atoms with E-state index in [0.717, 1.165) is 11.3 Å². The number of hydrogen-bond donors (Lipinski definition) is 2. The van der Waals surface area contributed by atoms with Crippen LogP contribution in [-0.2, 0) is 9.47 Å². The Morgan fingerprint density at radius 1 is 1.24 bits per heavy atom. The van der Waals surface area contributed by atoms with Gasteiger partial charge in [-0.05, 0) is 39.8 Å². The fourth-order valence-electron chi connectivity index (χ4n) is 2.06. The zero-order valence-electron chi connectivity index (χ0n) is 13.0. The summed E-state index contributed by atoms with van der Waals surface area (Å²) in [6.45, 7) is 8.55. The zero-order valence-corrected chi connectivity index (χ0v) is 13.8. The minimum absolute atomic E-state index is 0.212. The molecule has 1 heterocycles. The Bertz CT molecular complexity index is 474. The summed E-state index contributed by atoms with van der Waals surface area (Å²) in [6, 6.07) is 7.83. The van der Waals surface area contributed by atoms with Gasteiger partial charge in [0.1, 0.15) is 0 Å². The van der Waals surface area contributed by atoms with E-state index in [4.69, 9.17) is 21.1 Å². The lowest BCUT2D eigenvalue weighted by molar-refractivity contribution is -0.0895. The monoisotopic (exact) mass is 313 g/mol. The van der Waals surface area contributed by atoms with Crippen molar-refractivity contribution in [1.29, 1.82) is 0 Å². The number of nitrogens with one attached hydrogen (secondary N) is 1. The molecule has 0 aromatic heterocycles. The van der Waals surface area contributed by atoms with Gasteiger partial charge in [0, 0.05) is 17.8 Å². The molecule has 1 saturated heterocycles. The summed E-state index contributed by atoms with van der Waals surface area (Å²) in [7, 11) is 0. The first-order valence-electron chi connectivity index (χ1n) is 7.19. The minimum atomic E-state index is -0.563. The number of rotatable bonds is 5. The summed E-state index contributed by atoms with van der Waals surface area (Å²) in [5.41, 5.74) is 1.16.